The Hall–Kier alpha value is -5.38. The van der Waals surface area contributed by atoms with E-state index in [1.165, 1.54) is 30.6 Å². The number of hydrogen-bond acceptors (Lipinski definition) is 12. The molecule has 2 aromatic carbocycles. The number of nitrogens with one attached hydrogen (secondary N) is 1. The largest absolute Gasteiger partial charge is 0.459 e. The van der Waals surface area contributed by atoms with E-state index >= 15 is 0 Å². The molecule has 0 radical (unpaired) electrons. The van der Waals surface area contributed by atoms with Crippen LogP contribution in [0.15, 0.2) is 54.9 Å². The molecule has 3 aromatic rings. The summed E-state index contributed by atoms with van der Waals surface area (Å²) < 4.78 is 22.1. The van der Waals surface area contributed by atoms with E-state index in [4.69, 9.17) is 24.7 Å². The number of aromatic amines is 1. The van der Waals surface area contributed by atoms with Gasteiger partial charge in [0.15, 0.2) is 5.69 Å². The molecule has 4 rings (SSSR count). The minimum atomic E-state index is -1.09. The Morgan fingerprint density at radius 1 is 0.974 bits per heavy atom. The molecule has 0 saturated carbocycles. The molecule has 0 unspecified atom stereocenters. The van der Waals surface area contributed by atoms with Crippen molar-refractivity contribution in [1.29, 1.82) is 0 Å². The second-order valence-electron chi connectivity index (χ2n) is 8.05. The van der Waals surface area contributed by atoms with Gasteiger partial charge in [-0.1, -0.05) is 0 Å². The van der Waals surface area contributed by atoms with Gasteiger partial charge in [-0.3, -0.25) is 25.0 Å². The van der Waals surface area contributed by atoms with Crippen LogP contribution in [-0.2, 0) is 14.2 Å². The number of carbonyl (C=O) groups is 3. The summed E-state index contributed by atoms with van der Waals surface area (Å²) in [7, 11) is 0. The first-order valence-electron chi connectivity index (χ1n) is 11.1. The Morgan fingerprint density at radius 3 is 2.08 bits per heavy atom. The van der Waals surface area contributed by atoms with Crippen molar-refractivity contribution in [2.24, 2.45) is 5.73 Å². The number of benzene rings is 2. The maximum Gasteiger partial charge on any atom is 0.338 e. The monoisotopic (exact) mass is 541 g/mol. The number of hydrogen-bond donors (Lipinski definition) is 2. The van der Waals surface area contributed by atoms with Gasteiger partial charge in [-0.15, -0.1) is 0 Å². The summed E-state index contributed by atoms with van der Waals surface area (Å²) >= 11 is 0. The number of rotatable bonds is 10. The first-order valence-corrected chi connectivity index (χ1v) is 11.1. The van der Waals surface area contributed by atoms with Crippen molar-refractivity contribution < 1.29 is 43.2 Å². The first-order chi connectivity index (χ1) is 18.6. The minimum Gasteiger partial charge on any atom is -0.459 e. The lowest BCUT2D eigenvalue weighted by molar-refractivity contribution is -0.385. The second kappa shape index (κ2) is 11.3. The number of imidazole rings is 1. The van der Waals surface area contributed by atoms with Crippen LogP contribution in [-0.4, -0.2) is 62.8 Å². The van der Waals surface area contributed by atoms with Crippen molar-refractivity contribution in [3.8, 4) is 5.88 Å². The number of amides is 1. The molecule has 1 fully saturated rings. The fraction of sp³-hybridized carbons (Fsp3) is 0.217. The van der Waals surface area contributed by atoms with E-state index in [0.717, 1.165) is 24.3 Å². The zero-order valence-electron chi connectivity index (χ0n) is 19.8. The van der Waals surface area contributed by atoms with Crippen LogP contribution in [0.3, 0.4) is 0 Å². The topological polar surface area (TPSA) is 229 Å². The Balaban J connectivity index is 1.46. The summed E-state index contributed by atoms with van der Waals surface area (Å²) in [6.07, 6.45) is -2.03. The molecule has 1 saturated heterocycles. The Bertz CT molecular complexity index is 1400. The summed E-state index contributed by atoms with van der Waals surface area (Å²) in [4.78, 5) is 63.6. The normalized spacial score (nSPS) is 18.2. The Labute approximate surface area is 217 Å². The predicted molar refractivity (Wildman–Crippen MR) is 127 cm³/mol. The SMILES string of the molecule is NC(=O)c1[nH]cnc1O[C@@H]1C[C@H](OC(=O)c2ccc([N+](=O)[O-])cc2)[C@@H](COC(=O)c2ccc([N+](=O)[O-])cc2)O1. The molecule has 1 amide bonds. The third-order valence-electron chi connectivity index (χ3n) is 5.52. The third kappa shape index (κ3) is 6.31. The summed E-state index contributed by atoms with van der Waals surface area (Å²) in [5, 5.41) is 21.7. The molecule has 16 nitrogen and oxygen atoms in total. The fourth-order valence-corrected chi connectivity index (χ4v) is 3.58. The molecule has 39 heavy (non-hydrogen) atoms. The lowest BCUT2D eigenvalue weighted by Gasteiger charge is -2.18. The van der Waals surface area contributed by atoms with Crippen LogP contribution in [0.2, 0.25) is 0 Å². The highest BCUT2D eigenvalue weighted by Crippen LogP contribution is 2.28. The molecular formula is C23H19N5O11. The number of primary amides is 1. The van der Waals surface area contributed by atoms with Gasteiger partial charge in [-0.2, -0.15) is 0 Å². The van der Waals surface area contributed by atoms with Crippen LogP contribution in [0.1, 0.15) is 37.6 Å². The number of nitrogens with zero attached hydrogens (tertiary/aromatic N) is 3. The number of non-ortho nitro benzene ring substituents is 2. The number of ether oxygens (including phenoxy) is 4. The zero-order chi connectivity index (χ0) is 28.1. The van der Waals surface area contributed by atoms with Crippen LogP contribution in [0.25, 0.3) is 0 Å². The summed E-state index contributed by atoms with van der Waals surface area (Å²) in [5.41, 5.74) is 4.78. The fourth-order valence-electron chi connectivity index (χ4n) is 3.58. The molecule has 0 spiro atoms. The van der Waals surface area contributed by atoms with Gasteiger partial charge in [-0.25, -0.2) is 14.6 Å². The van der Waals surface area contributed by atoms with Crippen molar-refractivity contribution in [1.82, 2.24) is 9.97 Å². The van der Waals surface area contributed by atoms with Gasteiger partial charge >= 0.3 is 11.9 Å². The van der Waals surface area contributed by atoms with Crippen LogP contribution >= 0.6 is 0 Å². The third-order valence-corrected chi connectivity index (χ3v) is 5.52. The van der Waals surface area contributed by atoms with Gasteiger partial charge in [0.1, 0.15) is 18.8 Å². The van der Waals surface area contributed by atoms with Crippen LogP contribution in [0, 0.1) is 20.2 Å². The van der Waals surface area contributed by atoms with Crippen LogP contribution in [0.5, 0.6) is 5.88 Å². The summed E-state index contributed by atoms with van der Waals surface area (Å²) in [6.45, 7) is -0.406. The molecule has 1 aliphatic rings. The highest BCUT2D eigenvalue weighted by molar-refractivity contribution is 5.93. The predicted octanol–water partition coefficient (Wildman–Crippen LogP) is 1.90. The van der Waals surface area contributed by atoms with Crippen LogP contribution < -0.4 is 10.5 Å². The average molecular weight is 541 g/mol. The standard InChI is InChI=1S/C23H19N5O11/c24-20(29)19-21(26-11-25-19)39-18-9-16(38-23(31)13-3-7-15(8-4-13)28(34)35)17(37-18)10-36-22(30)12-1-5-14(6-2-12)27(32)33/h1-8,11,16-18H,9-10H2,(H2,24,29)(H,25,26)/t16-,17+,18+/m0/s1. The number of nitro groups is 2. The molecule has 0 aliphatic carbocycles. The molecular weight excluding hydrogens is 522 g/mol. The first kappa shape index (κ1) is 26.7. The quantitative estimate of drug-likeness (QED) is 0.213. The second-order valence-corrected chi connectivity index (χ2v) is 8.05. The molecule has 3 N–H and O–H groups in total. The van der Waals surface area contributed by atoms with E-state index in [2.05, 4.69) is 9.97 Å². The number of esters is 2. The van der Waals surface area contributed by atoms with Crippen molar-refractivity contribution in [2.75, 3.05) is 6.61 Å². The Morgan fingerprint density at radius 2 is 1.54 bits per heavy atom. The Kier molecular flexibility index (Phi) is 7.76. The minimum absolute atomic E-state index is 0.0231. The highest BCUT2D eigenvalue weighted by Gasteiger charge is 2.41. The molecule has 202 valence electrons. The number of carbonyl (C=O) groups excluding carboxylic acids is 3. The smallest absolute Gasteiger partial charge is 0.338 e. The maximum atomic E-state index is 12.7. The molecule has 1 aliphatic heterocycles. The lowest BCUT2D eigenvalue weighted by Crippen LogP contribution is -2.32. The number of aromatic nitrogens is 2. The summed E-state index contributed by atoms with van der Waals surface area (Å²) in [6, 6.07) is 9.43. The van der Waals surface area contributed by atoms with Crippen molar-refractivity contribution in [2.45, 2.75) is 24.9 Å². The molecule has 0 bridgehead atoms. The van der Waals surface area contributed by atoms with Gasteiger partial charge in [0.2, 0.25) is 12.2 Å². The van der Waals surface area contributed by atoms with E-state index in [-0.39, 0.29) is 40.5 Å². The van der Waals surface area contributed by atoms with E-state index in [9.17, 15) is 34.6 Å². The zero-order valence-corrected chi connectivity index (χ0v) is 19.8. The summed E-state index contributed by atoms with van der Waals surface area (Å²) in [5.74, 6) is -2.64. The molecule has 3 atom stereocenters. The maximum absolute atomic E-state index is 12.7. The van der Waals surface area contributed by atoms with Crippen LogP contribution in [0.4, 0.5) is 11.4 Å². The average Bonchev–Trinajstić information content (AvgIpc) is 3.54. The van der Waals surface area contributed by atoms with Crippen molar-refractivity contribution in [3.05, 3.63) is 91.9 Å². The van der Waals surface area contributed by atoms with Gasteiger partial charge in [0, 0.05) is 24.3 Å². The van der Waals surface area contributed by atoms with E-state index in [0.29, 0.717) is 0 Å². The highest BCUT2D eigenvalue weighted by atomic mass is 16.7. The van der Waals surface area contributed by atoms with Crippen molar-refractivity contribution in [3.63, 3.8) is 0 Å². The molecule has 1 aromatic heterocycles. The molecule has 2 heterocycles. The van der Waals surface area contributed by atoms with Gasteiger partial charge in [0.05, 0.1) is 33.7 Å². The van der Waals surface area contributed by atoms with E-state index in [1.54, 1.807) is 0 Å². The number of nitro benzene ring substituents is 2. The number of H-pyrrole nitrogens is 1. The lowest BCUT2D eigenvalue weighted by atomic mass is 10.1. The molecule has 16 heteroatoms. The van der Waals surface area contributed by atoms with E-state index < -0.39 is 52.8 Å². The van der Waals surface area contributed by atoms with E-state index in [1.807, 2.05) is 0 Å². The van der Waals surface area contributed by atoms with Gasteiger partial charge < -0.3 is 29.7 Å². The van der Waals surface area contributed by atoms with Gasteiger partial charge in [0.25, 0.3) is 17.3 Å². The van der Waals surface area contributed by atoms with Crippen molar-refractivity contribution >= 4 is 29.2 Å². The van der Waals surface area contributed by atoms with Gasteiger partial charge in [-0.05, 0) is 24.3 Å². The number of nitrogens with two attached hydrogens (primary N) is 1.